The lowest BCUT2D eigenvalue weighted by Crippen LogP contribution is -2.43. The van der Waals surface area contributed by atoms with Crippen molar-refractivity contribution in [2.24, 2.45) is 0 Å². The molecule has 1 aliphatic heterocycles. The third-order valence-corrected chi connectivity index (χ3v) is 6.72. The van der Waals surface area contributed by atoms with E-state index in [0.717, 1.165) is 10.0 Å². The van der Waals surface area contributed by atoms with E-state index in [1.54, 1.807) is 12.1 Å². The van der Waals surface area contributed by atoms with Crippen molar-refractivity contribution < 1.29 is 27.4 Å². The molecule has 10 heteroatoms. The first-order valence-corrected chi connectivity index (χ1v) is 11.7. The number of nitrogens with one attached hydrogen (secondary N) is 1. The fourth-order valence-corrected chi connectivity index (χ4v) is 4.54. The number of ether oxygens (including phenoxy) is 3. The fraction of sp³-hybridized carbons (Fsp3) is 0.611. The molecular formula is C18H27BrN2O6S. The SMILES string of the molecule is CCOc1cc(Br)c(CC(=O)NCCS(=O)(=O)N2CCOCC2)cc1OCC. The summed E-state index contributed by atoms with van der Waals surface area (Å²) in [5.41, 5.74) is 0.737. The van der Waals surface area contributed by atoms with Crippen LogP contribution >= 0.6 is 15.9 Å². The van der Waals surface area contributed by atoms with Gasteiger partial charge in [-0.15, -0.1) is 0 Å². The molecule has 0 aliphatic carbocycles. The first-order valence-electron chi connectivity index (χ1n) is 9.27. The third-order valence-electron chi connectivity index (χ3n) is 4.11. The van der Waals surface area contributed by atoms with Gasteiger partial charge in [0.2, 0.25) is 15.9 Å². The minimum atomic E-state index is -3.39. The van der Waals surface area contributed by atoms with Crippen LogP contribution < -0.4 is 14.8 Å². The molecule has 0 unspecified atom stereocenters. The smallest absolute Gasteiger partial charge is 0.224 e. The summed E-state index contributed by atoms with van der Waals surface area (Å²) in [6.45, 7) is 6.32. The van der Waals surface area contributed by atoms with E-state index in [0.29, 0.717) is 51.0 Å². The molecule has 8 nitrogen and oxygen atoms in total. The molecule has 158 valence electrons. The molecule has 1 aromatic carbocycles. The lowest BCUT2D eigenvalue weighted by atomic mass is 10.1. The number of halogens is 1. The summed E-state index contributed by atoms with van der Waals surface area (Å²) >= 11 is 3.45. The van der Waals surface area contributed by atoms with Gasteiger partial charge in [-0.1, -0.05) is 15.9 Å². The van der Waals surface area contributed by atoms with Crippen LogP contribution in [-0.2, 0) is 26.0 Å². The molecule has 0 saturated carbocycles. The van der Waals surface area contributed by atoms with E-state index in [-0.39, 0.29) is 24.6 Å². The van der Waals surface area contributed by atoms with Crippen LogP contribution in [0.3, 0.4) is 0 Å². The first kappa shape index (κ1) is 22.9. The average molecular weight is 479 g/mol. The minimum Gasteiger partial charge on any atom is -0.490 e. The second kappa shape index (κ2) is 11.0. The summed E-state index contributed by atoms with van der Waals surface area (Å²) in [6, 6.07) is 3.54. The van der Waals surface area contributed by atoms with Crippen molar-refractivity contribution in [3.63, 3.8) is 0 Å². The number of carbonyl (C=O) groups is 1. The monoisotopic (exact) mass is 478 g/mol. The summed E-state index contributed by atoms with van der Waals surface area (Å²) in [7, 11) is -3.39. The molecule has 1 saturated heterocycles. The van der Waals surface area contributed by atoms with Crippen LogP contribution in [-0.4, -0.2) is 70.4 Å². The Labute approximate surface area is 174 Å². The van der Waals surface area contributed by atoms with E-state index in [9.17, 15) is 13.2 Å². The number of hydrogen-bond acceptors (Lipinski definition) is 6. The van der Waals surface area contributed by atoms with E-state index in [1.807, 2.05) is 13.8 Å². The molecule has 1 aromatic rings. The van der Waals surface area contributed by atoms with Gasteiger partial charge in [-0.2, -0.15) is 4.31 Å². The van der Waals surface area contributed by atoms with E-state index in [1.165, 1.54) is 4.31 Å². The number of rotatable bonds is 10. The number of benzene rings is 1. The molecule has 1 N–H and O–H groups in total. The second-order valence-corrected chi connectivity index (χ2v) is 9.05. The molecule has 1 aliphatic rings. The highest BCUT2D eigenvalue weighted by Gasteiger charge is 2.24. The number of hydrogen-bond donors (Lipinski definition) is 1. The van der Waals surface area contributed by atoms with Gasteiger partial charge in [0.05, 0.1) is 38.6 Å². The van der Waals surface area contributed by atoms with Crippen molar-refractivity contribution in [3.05, 3.63) is 22.2 Å². The highest BCUT2D eigenvalue weighted by molar-refractivity contribution is 9.10. The zero-order chi connectivity index (χ0) is 20.6. The van der Waals surface area contributed by atoms with Crippen LogP contribution in [0.2, 0.25) is 0 Å². The van der Waals surface area contributed by atoms with Crippen LogP contribution in [0.1, 0.15) is 19.4 Å². The normalized spacial score (nSPS) is 15.2. The van der Waals surface area contributed by atoms with Crippen molar-refractivity contribution in [2.75, 3.05) is 51.8 Å². The van der Waals surface area contributed by atoms with E-state index >= 15 is 0 Å². The number of nitrogens with zero attached hydrogens (tertiary/aromatic N) is 1. The van der Waals surface area contributed by atoms with Crippen LogP contribution in [0.5, 0.6) is 11.5 Å². The Morgan fingerprint density at radius 1 is 1.18 bits per heavy atom. The topological polar surface area (TPSA) is 94.2 Å². The zero-order valence-electron chi connectivity index (χ0n) is 16.2. The lowest BCUT2D eigenvalue weighted by Gasteiger charge is -2.26. The Morgan fingerprint density at radius 2 is 1.79 bits per heavy atom. The predicted molar refractivity (Wildman–Crippen MR) is 109 cm³/mol. The van der Waals surface area contributed by atoms with E-state index in [2.05, 4.69) is 21.2 Å². The second-order valence-electron chi connectivity index (χ2n) is 6.11. The Morgan fingerprint density at radius 3 is 2.39 bits per heavy atom. The van der Waals surface area contributed by atoms with Gasteiger partial charge in [-0.3, -0.25) is 4.79 Å². The maximum absolute atomic E-state index is 12.3. The molecule has 0 aromatic heterocycles. The molecule has 0 atom stereocenters. The summed E-state index contributed by atoms with van der Waals surface area (Å²) in [5, 5.41) is 2.68. The van der Waals surface area contributed by atoms with Gasteiger partial charge < -0.3 is 19.5 Å². The summed E-state index contributed by atoms with van der Waals surface area (Å²) < 4.78 is 43.0. The van der Waals surface area contributed by atoms with E-state index in [4.69, 9.17) is 14.2 Å². The van der Waals surface area contributed by atoms with Gasteiger partial charge >= 0.3 is 0 Å². The van der Waals surface area contributed by atoms with Crippen LogP contribution in [0.25, 0.3) is 0 Å². The Bertz CT molecular complexity index is 766. The molecular weight excluding hydrogens is 452 g/mol. The van der Waals surface area contributed by atoms with Crippen molar-refractivity contribution in [2.45, 2.75) is 20.3 Å². The molecule has 0 radical (unpaired) electrons. The van der Waals surface area contributed by atoms with Gasteiger partial charge in [-0.05, 0) is 31.5 Å². The maximum Gasteiger partial charge on any atom is 0.224 e. The highest BCUT2D eigenvalue weighted by atomic mass is 79.9. The summed E-state index contributed by atoms with van der Waals surface area (Å²) in [4.78, 5) is 12.3. The molecule has 2 rings (SSSR count). The first-order chi connectivity index (χ1) is 13.4. The van der Waals surface area contributed by atoms with Gasteiger partial charge in [-0.25, -0.2) is 8.42 Å². The van der Waals surface area contributed by atoms with Crippen LogP contribution in [0, 0.1) is 0 Å². The Balaban J connectivity index is 1.92. The zero-order valence-corrected chi connectivity index (χ0v) is 18.6. The highest BCUT2D eigenvalue weighted by Crippen LogP contribution is 2.34. The van der Waals surface area contributed by atoms with Crippen molar-refractivity contribution in [1.29, 1.82) is 0 Å². The predicted octanol–water partition coefficient (Wildman–Crippen LogP) is 1.57. The van der Waals surface area contributed by atoms with Crippen LogP contribution in [0.4, 0.5) is 0 Å². The van der Waals surface area contributed by atoms with Gasteiger partial charge in [0.15, 0.2) is 11.5 Å². The quantitative estimate of drug-likeness (QED) is 0.548. The Kier molecular flexibility index (Phi) is 9.00. The van der Waals surface area contributed by atoms with Crippen molar-refractivity contribution in [3.8, 4) is 11.5 Å². The third kappa shape index (κ3) is 6.61. The number of sulfonamides is 1. The number of carbonyl (C=O) groups excluding carboxylic acids is 1. The average Bonchev–Trinajstić information content (AvgIpc) is 2.66. The van der Waals surface area contributed by atoms with Crippen LogP contribution in [0.15, 0.2) is 16.6 Å². The van der Waals surface area contributed by atoms with Gasteiger partial charge in [0.1, 0.15) is 0 Å². The van der Waals surface area contributed by atoms with Gasteiger partial charge in [0.25, 0.3) is 0 Å². The largest absolute Gasteiger partial charge is 0.490 e. The summed E-state index contributed by atoms with van der Waals surface area (Å²) in [5.74, 6) is 0.791. The van der Waals surface area contributed by atoms with E-state index < -0.39 is 10.0 Å². The molecule has 0 bridgehead atoms. The van der Waals surface area contributed by atoms with Crippen molar-refractivity contribution in [1.82, 2.24) is 9.62 Å². The summed E-state index contributed by atoms with van der Waals surface area (Å²) in [6.07, 6.45) is 0.102. The standard InChI is InChI=1S/C18H27BrN2O6S/c1-3-26-16-11-14(15(19)13-17(16)27-4-2)12-18(22)20-5-10-28(23,24)21-6-8-25-9-7-21/h11,13H,3-10,12H2,1-2H3,(H,20,22). The Hall–Kier alpha value is -1.36. The van der Waals surface area contributed by atoms with Gasteiger partial charge in [0, 0.05) is 24.1 Å². The minimum absolute atomic E-state index is 0.0610. The number of morpholine rings is 1. The molecule has 28 heavy (non-hydrogen) atoms. The lowest BCUT2D eigenvalue weighted by molar-refractivity contribution is -0.120. The fourth-order valence-electron chi connectivity index (χ4n) is 2.76. The molecule has 1 heterocycles. The number of amides is 1. The maximum atomic E-state index is 12.3. The molecule has 0 spiro atoms. The van der Waals surface area contributed by atoms with Crippen molar-refractivity contribution >= 4 is 31.9 Å². The molecule has 1 amide bonds. The molecule has 1 fully saturated rings.